The fourth-order valence-electron chi connectivity index (χ4n) is 3.66. The number of anilines is 1. The third kappa shape index (κ3) is 3.45. The van der Waals surface area contributed by atoms with Crippen molar-refractivity contribution in [3.05, 3.63) is 71.3 Å². The number of aromatic nitrogens is 2. The minimum atomic E-state index is -0.245. The maximum Gasteiger partial charge on any atom is 0.320 e. The Bertz CT molecular complexity index is 981. The third-order valence-electron chi connectivity index (χ3n) is 5.03. The first kappa shape index (κ1) is 18.1. The van der Waals surface area contributed by atoms with E-state index < -0.39 is 0 Å². The lowest BCUT2D eigenvalue weighted by Crippen LogP contribution is -2.32. The van der Waals surface area contributed by atoms with Crippen molar-refractivity contribution in [2.24, 2.45) is 0 Å². The molecule has 3 aromatic rings. The van der Waals surface area contributed by atoms with Crippen LogP contribution in [0.2, 0.25) is 0 Å². The highest BCUT2D eigenvalue weighted by Crippen LogP contribution is 2.31. The monoisotopic (exact) mass is 376 g/mol. The van der Waals surface area contributed by atoms with Gasteiger partial charge < -0.3 is 10.1 Å². The summed E-state index contributed by atoms with van der Waals surface area (Å²) in [6, 6.07) is 17.7. The van der Waals surface area contributed by atoms with Crippen LogP contribution in [-0.2, 0) is 6.42 Å². The zero-order valence-corrected chi connectivity index (χ0v) is 16.1. The molecule has 0 saturated carbocycles. The Balaban J connectivity index is 1.58. The van der Waals surface area contributed by atoms with Crippen molar-refractivity contribution < 1.29 is 9.53 Å². The summed E-state index contributed by atoms with van der Waals surface area (Å²) in [6.07, 6.45) is 1.89. The molecule has 0 unspecified atom stereocenters. The van der Waals surface area contributed by atoms with Crippen LogP contribution >= 0.6 is 0 Å². The number of benzene rings is 2. The number of carbonyl (C=O) groups excluding carboxylic acids is 1. The van der Waals surface area contributed by atoms with Crippen LogP contribution < -0.4 is 15.4 Å². The van der Waals surface area contributed by atoms with Gasteiger partial charge in [-0.3, -0.25) is 5.32 Å². The van der Waals surface area contributed by atoms with Crippen LogP contribution in [0.5, 0.6) is 5.88 Å². The van der Waals surface area contributed by atoms with Crippen LogP contribution in [-0.4, -0.2) is 22.4 Å². The molecule has 2 amide bonds. The van der Waals surface area contributed by atoms with Gasteiger partial charge in [0.2, 0.25) is 5.88 Å². The van der Waals surface area contributed by atoms with E-state index in [4.69, 9.17) is 4.74 Å². The molecule has 0 aliphatic heterocycles. The van der Waals surface area contributed by atoms with E-state index in [0.717, 1.165) is 24.1 Å². The Kier molecular flexibility index (Phi) is 5.02. The summed E-state index contributed by atoms with van der Waals surface area (Å²) in [5.74, 6) is 1.13. The van der Waals surface area contributed by atoms with Crippen LogP contribution in [0.1, 0.15) is 36.1 Å². The molecular formula is C22H24N4O2. The van der Waals surface area contributed by atoms with Gasteiger partial charge in [0.05, 0.1) is 23.9 Å². The highest BCUT2D eigenvalue weighted by molar-refractivity contribution is 5.90. The first-order valence-corrected chi connectivity index (χ1v) is 9.60. The standard InChI is InChI=1S/C22H24N4O2/c1-3-28-21-15(2)20(26(25-21)17-10-5-4-6-11-17)24-22(27)23-19-14-13-16-9-7-8-12-18(16)19/h4-12,19H,3,13-14H2,1-2H3,(H2,23,24,27)/t19-/m0/s1. The number of nitrogens with one attached hydrogen (secondary N) is 2. The van der Waals surface area contributed by atoms with Crippen LogP contribution in [0.3, 0.4) is 0 Å². The zero-order valence-electron chi connectivity index (χ0n) is 16.1. The third-order valence-corrected chi connectivity index (χ3v) is 5.03. The number of hydrogen-bond acceptors (Lipinski definition) is 3. The molecule has 1 heterocycles. The van der Waals surface area contributed by atoms with E-state index >= 15 is 0 Å². The van der Waals surface area contributed by atoms with E-state index in [1.165, 1.54) is 11.1 Å². The lowest BCUT2D eigenvalue weighted by Gasteiger charge is -2.16. The van der Waals surface area contributed by atoms with Gasteiger partial charge in [0.15, 0.2) is 0 Å². The first-order valence-electron chi connectivity index (χ1n) is 9.60. The number of ether oxygens (including phenoxy) is 1. The van der Waals surface area contributed by atoms with E-state index in [2.05, 4.69) is 27.9 Å². The van der Waals surface area contributed by atoms with Gasteiger partial charge in [-0.1, -0.05) is 42.5 Å². The summed E-state index contributed by atoms with van der Waals surface area (Å²) in [5, 5.41) is 10.6. The Morgan fingerprint density at radius 2 is 1.93 bits per heavy atom. The molecule has 28 heavy (non-hydrogen) atoms. The van der Waals surface area contributed by atoms with Crippen molar-refractivity contribution in [3.8, 4) is 11.6 Å². The second-order valence-electron chi connectivity index (χ2n) is 6.85. The number of carbonyl (C=O) groups is 1. The molecule has 4 rings (SSSR count). The van der Waals surface area contributed by atoms with E-state index in [0.29, 0.717) is 18.3 Å². The molecule has 2 N–H and O–H groups in total. The normalized spacial score (nSPS) is 15.1. The maximum absolute atomic E-state index is 12.8. The van der Waals surface area contributed by atoms with Crippen molar-refractivity contribution >= 4 is 11.8 Å². The number of rotatable bonds is 5. The molecule has 1 aromatic heterocycles. The highest BCUT2D eigenvalue weighted by atomic mass is 16.5. The molecule has 0 radical (unpaired) electrons. The summed E-state index contributed by atoms with van der Waals surface area (Å²) in [7, 11) is 0. The van der Waals surface area contributed by atoms with Gasteiger partial charge in [-0.15, -0.1) is 5.10 Å². The number of fused-ring (bicyclic) bond motifs is 1. The Morgan fingerprint density at radius 1 is 1.18 bits per heavy atom. The minimum absolute atomic E-state index is 0.0240. The SMILES string of the molecule is CCOc1nn(-c2ccccc2)c(NC(=O)N[C@H]2CCc3ccccc32)c1C. The van der Waals surface area contributed by atoms with Crippen molar-refractivity contribution in [1.29, 1.82) is 0 Å². The average Bonchev–Trinajstić information content (AvgIpc) is 3.25. The molecule has 0 spiro atoms. The summed E-state index contributed by atoms with van der Waals surface area (Å²) in [5.41, 5.74) is 4.16. The van der Waals surface area contributed by atoms with Gasteiger partial charge in [-0.2, -0.15) is 0 Å². The molecule has 0 bridgehead atoms. The number of amides is 2. The van der Waals surface area contributed by atoms with E-state index in [1.54, 1.807) is 4.68 Å². The minimum Gasteiger partial charge on any atom is -0.477 e. The van der Waals surface area contributed by atoms with E-state index in [1.807, 2.05) is 56.3 Å². The fraction of sp³-hybridized carbons (Fsp3) is 0.273. The largest absolute Gasteiger partial charge is 0.477 e. The van der Waals surface area contributed by atoms with Gasteiger partial charge in [0.1, 0.15) is 5.82 Å². The van der Waals surface area contributed by atoms with E-state index in [9.17, 15) is 4.79 Å². The number of para-hydroxylation sites is 1. The molecule has 0 saturated heterocycles. The lowest BCUT2D eigenvalue weighted by atomic mass is 10.1. The van der Waals surface area contributed by atoms with Gasteiger partial charge in [-0.25, -0.2) is 9.48 Å². The van der Waals surface area contributed by atoms with Gasteiger partial charge in [0.25, 0.3) is 0 Å². The molecule has 0 fully saturated rings. The summed E-state index contributed by atoms with van der Waals surface area (Å²) < 4.78 is 7.35. The van der Waals surface area contributed by atoms with Crippen LogP contribution in [0.25, 0.3) is 5.69 Å². The van der Waals surface area contributed by atoms with Crippen molar-refractivity contribution in [2.75, 3.05) is 11.9 Å². The Hall–Kier alpha value is -3.28. The van der Waals surface area contributed by atoms with E-state index in [-0.39, 0.29) is 12.1 Å². The predicted octanol–water partition coefficient (Wildman–Crippen LogP) is 4.39. The second kappa shape index (κ2) is 7.76. The predicted molar refractivity (Wildman–Crippen MR) is 109 cm³/mol. The molecule has 1 aliphatic carbocycles. The van der Waals surface area contributed by atoms with Crippen LogP contribution in [0, 0.1) is 6.92 Å². The molecular weight excluding hydrogens is 352 g/mol. The molecule has 144 valence electrons. The molecule has 1 aliphatic rings. The summed E-state index contributed by atoms with van der Waals surface area (Å²) in [6.45, 7) is 4.33. The van der Waals surface area contributed by atoms with Crippen molar-refractivity contribution in [2.45, 2.75) is 32.7 Å². The number of urea groups is 1. The lowest BCUT2D eigenvalue weighted by molar-refractivity contribution is 0.248. The number of aryl methyl sites for hydroxylation is 1. The maximum atomic E-state index is 12.8. The van der Waals surface area contributed by atoms with Crippen LogP contribution in [0.15, 0.2) is 54.6 Å². The average molecular weight is 376 g/mol. The first-order chi connectivity index (χ1) is 13.7. The molecule has 6 nitrogen and oxygen atoms in total. The summed E-state index contributed by atoms with van der Waals surface area (Å²) >= 11 is 0. The topological polar surface area (TPSA) is 68.2 Å². The van der Waals surface area contributed by atoms with Gasteiger partial charge in [0, 0.05) is 0 Å². The number of hydrogen-bond donors (Lipinski definition) is 2. The van der Waals surface area contributed by atoms with Crippen molar-refractivity contribution in [1.82, 2.24) is 15.1 Å². The molecule has 1 atom stereocenters. The van der Waals surface area contributed by atoms with Gasteiger partial charge >= 0.3 is 6.03 Å². The van der Waals surface area contributed by atoms with Crippen LogP contribution in [0.4, 0.5) is 10.6 Å². The Morgan fingerprint density at radius 3 is 2.71 bits per heavy atom. The zero-order chi connectivity index (χ0) is 19.5. The number of nitrogens with zero attached hydrogens (tertiary/aromatic N) is 2. The van der Waals surface area contributed by atoms with Gasteiger partial charge in [-0.05, 0) is 49.9 Å². The Labute approximate surface area is 164 Å². The molecule has 2 aromatic carbocycles. The molecule has 6 heteroatoms. The fourth-order valence-corrected chi connectivity index (χ4v) is 3.66. The van der Waals surface area contributed by atoms with Crippen molar-refractivity contribution in [3.63, 3.8) is 0 Å². The second-order valence-corrected chi connectivity index (χ2v) is 6.85. The smallest absolute Gasteiger partial charge is 0.320 e. The highest BCUT2D eigenvalue weighted by Gasteiger charge is 2.25. The summed E-state index contributed by atoms with van der Waals surface area (Å²) in [4.78, 5) is 12.8. The quantitative estimate of drug-likeness (QED) is 0.694.